The smallest absolute Gasteiger partial charge is 0.273 e. The molecular weight excluding hydrogens is 232 g/mol. The van der Waals surface area contributed by atoms with E-state index in [1.165, 1.54) is 6.20 Å². The number of likely N-dealkylation sites (tertiary alicyclic amines) is 1. The number of nitrogens with one attached hydrogen (secondary N) is 2. The van der Waals surface area contributed by atoms with Gasteiger partial charge in [0, 0.05) is 19.3 Å². The van der Waals surface area contributed by atoms with Crippen molar-refractivity contribution in [1.29, 1.82) is 0 Å². The van der Waals surface area contributed by atoms with E-state index in [2.05, 4.69) is 15.3 Å². The number of piperidine rings is 1. The molecule has 1 saturated heterocycles. The third kappa shape index (κ3) is 2.95. The number of carbonyl (C=O) groups is 1. The number of hydrogen-bond acceptors (Lipinski definition) is 4. The van der Waals surface area contributed by atoms with E-state index in [4.69, 9.17) is 0 Å². The van der Waals surface area contributed by atoms with Crippen molar-refractivity contribution in [2.24, 2.45) is 5.92 Å². The van der Waals surface area contributed by atoms with Gasteiger partial charge in [-0.1, -0.05) is 0 Å². The zero-order valence-electron chi connectivity index (χ0n) is 10.5. The van der Waals surface area contributed by atoms with E-state index < -0.39 is 0 Å². The van der Waals surface area contributed by atoms with Gasteiger partial charge >= 0.3 is 0 Å². The fraction of sp³-hybridized carbons (Fsp3) is 0.583. The summed E-state index contributed by atoms with van der Waals surface area (Å²) >= 11 is 0. The Hall–Kier alpha value is -1.69. The van der Waals surface area contributed by atoms with Crippen molar-refractivity contribution in [1.82, 2.24) is 20.2 Å². The Morgan fingerprint density at radius 3 is 3.17 bits per heavy atom. The van der Waals surface area contributed by atoms with Crippen molar-refractivity contribution >= 4 is 5.91 Å². The van der Waals surface area contributed by atoms with Crippen LogP contribution in [0.25, 0.3) is 0 Å². The lowest BCUT2D eigenvalue weighted by molar-refractivity contribution is 0.0667. The van der Waals surface area contributed by atoms with Gasteiger partial charge in [0.1, 0.15) is 5.69 Å². The lowest BCUT2D eigenvalue weighted by Crippen LogP contribution is -2.42. The van der Waals surface area contributed by atoms with Gasteiger partial charge in [0.05, 0.1) is 6.20 Å². The maximum Gasteiger partial charge on any atom is 0.273 e. The van der Waals surface area contributed by atoms with Crippen molar-refractivity contribution in [3.63, 3.8) is 0 Å². The molecule has 0 radical (unpaired) electrons. The Morgan fingerprint density at radius 1 is 1.67 bits per heavy atom. The maximum atomic E-state index is 12.2. The molecule has 1 aromatic heterocycles. The highest BCUT2D eigenvalue weighted by Gasteiger charge is 2.24. The molecule has 1 amide bonds. The van der Waals surface area contributed by atoms with Gasteiger partial charge in [-0.2, -0.15) is 0 Å². The van der Waals surface area contributed by atoms with Crippen molar-refractivity contribution in [3.8, 4) is 0 Å². The van der Waals surface area contributed by atoms with E-state index in [0.29, 0.717) is 11.6 Å². The van der Waals surface area contributed by atoms with Crippen LogP contribution in [0.5, 0.6) is 0 Å². The molecule has 1 unspecified atom stereocenters. The van der Waals surface area contributed by atoms with E-state index in [1.807, 2.05) is 11.9 Å². The highest BCUT2D eigenvalue weighted by Crippen LogP contribution is 2.17. The summed E-state index contributed by atoms with van der Waals surface area (Å²) in [6.07, 6.45) is 4.68. The van der Waals surface area contributed by atoms with Gasteiger partial charge in [-0.25, -0.2) is 4.98 Å². The molecule has 0 spiro atoms. The minimum atomic E-state index is -0.293. The molecule has 1 fully saturated rings. The van der Waals surface area contributed by atoms with E-state index in [0.717, 1.165) is 38.7 Å². The summed E-state index contributed by atoms with van der Waals surface area (Å²) in [5.41, 5.74) is 0.0120. The van der Waals surface area contributed by atoms with Gasteiger partial charge < -0.3 is 15.2 Å². The molecule has 2 rings (SSSR count). The van der Waals surface area contributed by atoms with Crippen molar-refractivity contribution in [3.05, 3.63) is 28.4 Å². The zero-order valence-corrected chi connectivity index (χ0v) is 10.5. The van der Waals surface area contributed by atoms with Crippen molar-refractivity contribution in [2.45, 2.75) is 12.8 Å². The van der Waals surface area contributed by atoms with Crippen LogP contribution in [0.1, 0.15) is 23.3 Å². The summed E-state index contributed by atoms with van der Waals surface area (Å²) in [5, 5.41) is 3.14. The van der Waals surface area contributed by atoms with Crippen LogP contribution in [0.4, 0.5) is 0 Å². The molecule has 0 bridgehead atoms. The maximum absolute atomic E-state index is 12.2. The van der Waals surface area contributed by atoms with Gasteiger partial charge in [-0.3, -0.25) is 9.59 Å². The standard InChI is InChI=1S/C12H18N4O2/c1-13-5-9-3-2-4-16(8-9)12(18)10-6-15-11(17)7-14-10/h6-7,9,13H,2-5,8H2,1H3,(H,15,17). The molecule has 1 aliphatic rings. The highest BCUT2D eigenvalue weighted by atomic mass is 16.2. The molecule has 1 aliphatic heterocycles. The summed E-state index contributed by atoms with van der Waals surface area (Å²) in [7, 11) is 1.92. The Balaban J connectivity index is 2.04. The first-order chi connectivity index (χ1) is 8.70. The van der Waals surface area contributed by atoms with Crippen LogP contribution >= 0.6 is 0 Å². The average Bonchev–Trinajstić information content (AvgIpc) is 2.39. The molecule has 1 aromatic rings. The summed E-state index contributed by atoms with van der Waals surface area (Å²) in [4.78, 5) is 31.3. The molecule has 0 aliphatic carbocycles. The quantitative estimate of drug-likeness (QED) is 0.781. The first-order valence-electron chi connectivity index (χ1n) is 6.19. The molecule has 6 nitrogen and oxygen atoms in total. The zero-order chi connectivity index (χ0) is 13.0. The topological polar surface area (TPSA) is 78.1 Å². The van der Waals surface area contributed by atoms with E-state index in [1.54, 1.807) is 0 Å². The van der Waals surface area contributed by atoms with Gasteiger partial charge in [0.15, 0.2) is 0 Å². The van der Waals surface area contributed by atoms with Crippen molar-refractivity contribution < 1.29 is 4.79 Å². The average molecular weight is 250 g/mol. The molecule has 18 heavy (non-hydrogen) atoms. The Bertz CT molecular complexity index is 449. The molecule has 1 atom stereocenters. The molecular formula is C12H18N4O2. The first-order valence-corrected chi connectivity index (χ1v) is 6.19. The van der Waals surface area contributed by atoms with Crippen LogP contribution in [-0.2, 0) is 0 Å². The minimum absolute atomic E-state index is 0.105. The van der Waals surface area contributed by atoms with Crippen LogP contribution < -0.4 is 10.9 Å². The number of amides is 1. The second-order valence-electron chi connectivity index (χ2n) is 4.61. The number of H-pyrrole nitrogens is 1. The predicted molar refractivity (Wildman–Crippen MR) is 67.4 cm³/mol. The second-order valence-corrected chi connectivity index (χ2v) is 4.61. The molecule has 6 heteroatoms. The monoisotopic (exact) mass is 250 g/mol. The summed E-state index contributed by atoms with van der Waals surface area (Å²) in [6.45, 7) is 2.43. The minimum Gasteiger partial charge on any atom is -0.337 e. The third-order valence-corrected chi connectivity index (χ3v) is 3.19. The molecule has 0 aromatic carbocycles. The SMILES string of the molecule is CNCC1CCCN(C(=O)c2c[nH]c(=O)cn2)C1. The molecule has 0 saturated carbocycles. The number of nitrogens with zero attached hydrogens (tertiary/aromatic N) is 2. The van der Waals surface area contributed by atoms with Crippen LogP contribution in [0.15, 0.2) is 17.2 Å². The van der Waals surface area contributed by atoms with E-state index in [-0.39, 0.29) is 11.5 Å². The lowest BCUT2D eigenvalue weighted by atomic mass is 9.98. The predicted octanol–water partition coefficient (Wildman–Crippen LogP) is -0.158. The third-order valence-electron chi connectivity index (χ3n) is 3.19. The van der Waals surface area contributed by atoms with Gasteiger partial charge in [-0.15, -0.1) is 0 Å². The second kappa shape index (κ2) is 5.77. The van der Waals surface area contributed by atoms with Gasteiger partial charge in [-0.05, 0) is 32.4 Å². The number of aromatic nitrogens is 2. The van der Waals surface area contributed by atoms with Crippen LogP contribution in [0.2, 0.25) is 0 Å². The van der Waals surface area contributed by atoms with E-state index >= 15 is 0 Å². The van der Waals surface area contributed by atoms with Gasteiger partial charge in [0.2, 0.25) is 0 Å². The first kappa shape index (κ1) is 12.8. The largest absolute Gasteiger partial charge is 0.337 e. The highest BCUT2D eigenvalue weighted by molar-refractivity contribution is 5.92. The number of carbonyl (C=O) groups excluding carboxylic acids is 1. The fourth-order valence-corrected chi connectivity index (χ4v) is 2.33. The van der Waals surface area contributed by atoms with Crippen LogP contribution in [0, 0.1) is 5.92 Å². The fourth-order valence-electron chi connectivity index (χ4n) is 2.33. The molecule has 98 valence electrons. The molecule has 2 heterocycles. The van der Waals surface area contributed by atoms with Crippen molar-refractivity contribution in [2.75, 3.05) is 26.7 Å². The van der Waals surface area contributed by atoms with Crippen LogP contribution in [-0.4, -0.2) is 47.5 Å². The summed E-state index contributed by atoms with van der Waals surface area (Å²) < 4.78 is 0. The Labute approximate surface area is 105 Å². The summed E-state index contributed by atoms with van der Waals surface area (Å²) in [6, 6.07) is 0. The number of aromatic amines is 1. The number of hydrogen-bond donors (Lipinski definition) is 2. The van der Waals surface area contributed by atoms with Gasteiger partial charge in [0.25, 0.3) is 11.5 Å². The summed E-state index contributed by atoms with van der Waals surface area (Å²) in [5.74, 6) is 0.391. The normalized spacial score (nSPS) is 19.8. The van der Waals surface area contributed by atoms with E-state index in [9.17, 15) is 9.59 Å². The Kier molecular flexibility index (Phi) is 4.09. The Morgan fingerprint density at radius 2 is 2.50 bits per heavy atom. The molecule has 2 N–H and O–H groups in total. The number of rotatable bonds is 3. The lowest BCUT2D eigenvalue weighted by Gasteiger charge is -2.32. The van der Waals surface area contributed by atoms with Crippen LogP contribution in [0.3, 0.4) is 0 Å².